The Kier molecular flexibility index (Phi) is 2.17. The summed E-state index contributed by atoms with van der Waals surface area (Å²) in [6, 6.07) is 4.24. The van der Waals surface area contributed by atoms with Crippen molar-refractivity contribution in [2.75, 3.05) is 11.9 Å². The third kappa shape index (κ3) is 1.59. The van der Waals surface area contributed by atoms with Gasteiger partial charge < -0.3 is 5.32 Å². The van der Waals surface area contributed by atoms with Crippen LogP contribution in [0.3, 0.4) is 0 Å². The Morgan fingerprint density at radius 2 is 2.21 bits per heavy atom. The smallest absolute Gasteiger partial charge is 0.135 e. The van der Waals surface area contributed by atoms with Crippen LogP contribution in [0.5, 0.6) is 0 Å². The second-order valence-corrected chi connectivity index (χ2v) is 3.92. The van der Waals surface area contributed by atoms with Gasteiger partial charge in [0.2, 0.25) is 0 Å². The number of rotatable bonds is 0. The van der Waals surface area contributed by atoms with E-state index in [1.165, 1.54) is 19.1 Å². The summed E-state index contributed by atoms with van der Waals surface area (Å²) in [7, 11) is 0. The fourth-order valence-electron chi connectivity index (χ4n) is 1.88. The summed E-state index contributed by atoms with van der Waals surface area (Å²) in [5.74, 6) is -0.378. The Labute approximate surface area is 82.1 Å². The zero-order valence-corrected chi connectivity index (χ0v) is 8.11. The molecular formula is C11H13F2N. The van der Waals surface area contributed by atoms with Crippen LogP contribution in [0.1, 0.15) is 25.3 Å². The predicted octanol–water partition coefficient (Wildman–Crippen LogP) is 3.22. The number of nitrogens with one attached hydrogen (secondary N) is 1. The van der Waals surface area contributed by atoms with Crippen LogP contribution in [0.2, 0.25) is 0 Å². The highest BCUT2D eigenvalue weighted by atomic mass is 19.1. The number of hydrogen-bond donors (Lipinski definition) is 1. The van der Waals surface area contributed by atoms with Gasteiger partial charge in [0.15, 0.2) is 0 Å². The maximum absolute atomic E-state index is 14.1. The second kappa shape index (κ2) is 3.23. The second-order valence-electron chi connectivity index (χ2n) is 3.92. The molecule has 76 valence electrons. The molecule has 2 rings (SSSR count). The van der Waals surface area contributed by atoms with Crippen molar-refractivity contribution in [2.24, 2.45) is 0 Å². The Balaban J connectivity index is 2.52. The van der Waals surface area contributed by atoms with E-state index in [2.05, 4.69) is 5.32 Å². The molecule has 0 amide bonds. The van der Waals surface area contributed by atoms with E-state index >= 15 is 0 Å². The summed E-state index contributed by atoms with van der Waals surface area (Å²) in [5, 5.41) is 3.10. The van der Waals surface area contributed by atoms with E-state index < -0.39 is 5.67 Å². The molecule has 1 aromatic carbocycles. The van der Waals surface area contributed by atoms with Crippen molar-refractivity contribution in [3.63, 3.8) is 0 Å². The number of halogens is 2. The van der Waals surface area contributed by atoms with Crippen molar-refractivity contribution < 1.29 is 8.78 Å². The number of hydrogen-bond acceptors (Lipinski definition) is 1. The summed E-state index contributed by atoms with van der Waals surface area (Å²) in [6.45, 7) is 2.26. The van der Waals surface area contributed by atoms with Crippen molar-refractivity contribution in [3.05, 3.63) is 29.6 Å². The van der Waals surface area contributed by atoms with Gasteiger partial charge in [0.1, 0.15) is 11.5 Å². The average molecular weight is 197 g/mol. The van der Waals surface area contributed by atoms with Gasteiger partial charge in [-0.3, -0.25) is 0 Å². The zero-order chi connectivity index (χ0) is 10.2. The molecule has 1 unspecified atom stereocenters. The van der Waals surface area contributed by atoms with E-state index in [-0.39, 0.29) is 5.82 Å². The van der Waals surface area contributed by atoms with Crippen molar-refractivity contribution >= 4 is 5.69 Å². The van der Waals surface area contributed by atoms with Crippen molar-refractivity contribution in [2.45, 2.75) is 25.4 Å². The van der Waals surface area contributed by atoms with Crippen molar-refractivity contribution in [3.8, 4) is 0 Å². The van der Waals surface area contributed by atoms with Crippen LogP contribution < -0.4 is 5.32 Å². The molecule has 1 N–H and O–H groups in total. The molecule has 1 nitrogen and oxygen atoms in total. The third-order valence-corrected chi connectivity index (χ3v) is 2.68. The van der Waals surface area contributed by atoms with Crippen LogP contribution in [0.25, 0.3) is 0 Å². The monoisotopic (exact) mass is 197 g/mol. The van der Waals surface area contributed by atoms with E-state index in [9.17, 15) is 8.78 Å². The minimum absolute atomic E-state index is 0.378. The molecule has 0 spiro atoms. The Morgan fingerprint density at radius 3 is 3.00 bits per heavy atom. The van der Waals surface area contributed by atoms with Gasteiger partial charge in [-0.05, 0) is 38.0 Å². The molecule has 1 aliphatic rings. The first-order chi connectivity index (χ1) is 6.59. The van der Waals surface area contributed by atoms with Crippen LogP contribution in [0, 0.1) is 5.82 Å². The first-order valence-corrected chi connectivity index (χ1v) is 4.82. The number of anilines is 1. The summed E-state index contributed by atoms with van der Waals surface area (Å²) in [4.78, 5) is 0. The SMILES string of the molecule is CC1(F)CCCNc2ccc(F)cc21. The van der Waals surface area contributed by atoms with Crippen LogP contribution in [0.4, 0.5) is 14.5 Å². The fourth-order valence-corrected chi connectivity index (χ4v) is 1.88. The quantitative estimate of drug-likeness (QED) is 0.673. The molecule has 0 bridgehead atoms. The summed E-state index contributed by atoms with van der Waals surface area (Å²) in [5.41, 5.74) is -0.259. The predicted molar refractivity (Wildman–Crippen MR) is 52.6 cm³/mol. The van der Waals surface area contributed by atoms with E-state index in [0.29, 0.717) is 17.7 Å². The lowest BCUT2D eigenvalue weighted by Gasteiger charge is -2.20. The van der Waals surface area contributed by atoms with Crippen molar-refractivity contribution in [1.29, 1.82) is 0 Å². The topological polar surface area (TPSA) is 12.0 Å². The van der Waals surface area contributed by atoms with E-state index in [4.69, 9.17) is 0 Å². The maximum Gasteiger partial charge on any atom is 0.135 e. The minimum Gasteiger partial charge on any atom is -0.385 e. The lowest BCUT2D eigenvalue weighted by molar-refractivity contribution is 0.178. The number of alkyl halides is 1. The van der Waals surface area contributed by atoms with Crippen LogP contribution in [-0.4, -0.2) is 6.54 Å². The molecule has 0 saturated carbocycles. The minimum atomic E-state index is -1.42. The lowest BCUT2D eigenvalue weighted by Crippen LogP contribution is -2.14. The fraction of sp³-hybridized carbons (Fsp3) is 0.455. The third-order valence-electron chi connectivity index (χ3n) is 2.68. The van der Waals surface area contributed by atoms with E-state index in [1.807, 2.05) is 0 Å². The Morgan fingerprint density at radius 1 is 1.43 bits per heavy atom. The molecule has 1 aliphatic heterocycles. The average Bonchev–Trinajstić information content (AvgIpc) is 2.26. The van der Waals surface area contributed by atoms with Gasteiger partial charge in [-0.25, -0.2) is 8.78 Å². The van der Waals surface area contributed by atoms with Gasteiger partial charge in [-0.2, -0.15) is 0 Å². The molecule has 1 aromatic rings. The molecule has 14 heavy (non-hydrogen) atoms. The molecule has 0 radical (unpaired) electrons. The highest BCUT2D eigenvalue weighted by Gasteiger charge is 2.30. The molecule has 0 saturated heterocycles. The molecule has 1 heterocycles. The van der Waals surface area contributed by atoms with Gasteiger partial charge in [0, 0.05) is 17.8 Å². The van der Waals surface area contributed by atoms with E-state index in [1.54, 1.807) is 6.07 Å². The molecule has 0 aliphatic carbocycles. The van der Waals surface area contributed by atoms with Gasteiger partial charge in [0.05, 0.1) is 0 Å². The van der Waals surface area contributed by atoms with Crippen LogP contribution in [0.15, 0.2) is 18.2 Å². The standard InChI is InChI=1S/C11H13F2N/c1-11(13)5-2-6-14-10-4-3-8(12)7-9(10)11/h3-4,7,14H,2,5-6H2,1H3. The molecule has 3 heteroatoms. The van der Waals surface area contributed by atoms with Gasteiger partial charge >= 0.3 is 0 Å². The van der Waals surface area contributed by atoms with Crippen LogP contribution >= 0.6 is 0 Å². The first-order valence-electron chi connectivity index (χ1n) is 4.82. The molecule has 0 aromatic heterocycles. The highest BCUT2D eigenvalue weighted by molar-refractivity contribution is 5.54. The highest BCUT2D eigenvalue weighted by Crippen LogP contribution is 2.37. The largest absolute Gasteiger partial charge is 0.385 e. The van der Waals surface area contributed by atoms with Crippen LogP contribution in [-0.2, 0) is 5.67 Å². The van der Waals surface area contributed by atoms with Gasteiger partial charge in [0.25, 0.3) is 0 Å². The summed E-state index contributed by atoms with van der Waals surface area (Å²) in [6.07, 6.45) is 1.21. The molecule has 1 atom stereocenters. The first kappa shape index (κ1) is 9.44. The van der Waals surface area contributed by atoms with Crippen molar-refractivity contribution in [1.82, 2.24) is 0 Å². The number of fused-ring (bicyclic) bond motifs is 1. The Hall–Kier alpha value is -1.12. The molecule has 0 fully saturated rings. The number of benzene rings is 1. The maximum atomic E-state index is 14.1. The normalized spacial score (nSPS) is 26.2. The summed E-state index contributed by atoms with van der Waals surface area (Å²) >= 11 is 0. The van der Waals surface area contributed by atoms with E-state index in [0.717, 1.165) is 13.0 Å². The lowest BCUT2D eigenvalue weighted by atomic mass is 9.93. The Bertz CT molecular complexity index is 347. The van der Waals surface area contributed by atoms with Gasteiger partial charge in [-0.15, -0.1) is 0 Å². The van der Waals surface area contributed by atoms with Gasteiger partial charge in [-0.1, -0.05) is 0 Å². The molecular weight excluding hydrogens is 184 g/mol. The zero-order valence-electron chi connectivity index (χ0n) is 8.11. The summed E-state index contributed by atoms with van der Waals surface area (Å²) < 4.78 is 27.1.